The number of halogens is 2. The third-order valence-electron chi connectivity index (χ3n) is 2.39. The first kappa shape index (κ1) is 13.4. The van der Waals surface area contributed by atoms with Crippen molar-refractivity contribution < 1.29 is 13.6 Å². The maximum absolute atomic E-state index is 13.2. The van der Waals surface area contributed by atoms with Crippen LogP contribution in [0.1, 0.15) is 20.3 Å². The maximum atomic E-state index is 13.2. The Morgan fingerprint density at radius 3 is 2.76 bits per heavy atom. The highest BCUT2D eigenvalue weighted by Gasteiger charge is 2.07. The molecule has 5 heteroatoms. The fourth-order valence-electron chi connectivity index (χ4n) is 1.24. The number of amides is 1. The lowest BCUT2D eigenvalue weighted by Gasteiger charge is -2.12. The van der Waals surface area contributed by atoms with Crippen LogP contribution in [0.3, 0.4) is 0 Å². The van der Waals surface area contributed by atoms with E-state index >= 15 is 0 Å². The van der Waals surface area contributed by atoms with E-state index in [1.54, 1.807) is 0 Å². The van der Waals surface area contributed by atoms with Crippen LogP contribution in [0.4, 0.5) is 14.5 Å². The first-order chi connectivity index (χ1) is 8.02. The number of anilines is 1. The highest BCUT2D eigenvalue weighted by atomic mass is 19.1. The normalized spacial score (nSPS) is 12.0. The van der Waals surface area contributed by atoms with E-state index < -0.39 is 11.6 Å². The first-order valence-electron chi connectivity index (χ1n) is 5.51. The van der Waals surface area contributed by atoms with E-state index in [0.29, 0.717) is 0 Å². The number of benzene rings is 1. The lowest BCUT2D eigenvalue weighted by atomic mass is 10.2. The number of carbonyl (C=O) groups is 1. The second kappa shape index (κ2) is 6.18. The molecule has 1 atom stereocenters. The minimum absolute atomic E-state index is 0.00991. The number of nitrogens with one attached hydrogen (secondary N) is 2. The van der Waals surface area contributed by atoms with Crippen molar-refractivity contribution >= 4 is 11.6 Å². The molecular weight excluding hydrogens is 226 g/mol. The van der Waals surface area contributed by atoms with E-state index in [1.807, 2.05) is 13.8 Å². The van der Waals surface area contributed by atoms with Crippen molar-refractivity contribution in [2.75, 3.05) is 11.9 Å². The summed E-state index contributed by atoms with van der Waals surface area (Å²) < 4.78 is 26.0. The van der Waals surface area contributed by atoms with Crippen molar-refractivity contribution in [1.29, 1.82) is 0 Å². The highest BCUT2D eigenvalue weighted by molar-refractivity contribution is 5.80. The third-order valence-corrected chi connectivity index (χ3v) is 2.39. The van der Waals surface area contributed by atoms with E-state index in [2.05, 4.69) is 10.6 Å². The Balaban J connectivity index is 2.50. The van der Waals surface area contributed by atoms with Crippen molar-refractivity contribution in [2.45, 2.75) is 26.3 Å². The van der Waals surface area contributed by atoms with Crippen molar-refractivity contribution in [3.8, 4) is 0 Å². The average molecular weight is 242 g/mol. The lowest BCUT2D eigenvalue weighted by molar-refractivity contribution is -0.120. The molecule has 0 spiro atoms. The molecule has 1 unspecified atom stereocenters. The van der Waals surface area contributed by atoms with Crippen LogP contribution >= 0.6 is 0 Å². The molecule has 0 aliphatic carbocycles. The van der Waals surface area contributed by atoms with Gasteiger partial charge in [-0.15, -0.1) is 0 Å². The van der Waals surface area contributed by atoms with Crippen LogP contribution in [0, 0.1) is 11.6 Å². The number of hydrogen-bond donors (Lipinski definition) is 2. The minimum Gasteiger partial charge on any atom is -0.374 e. The number of rotatable bonds is 5. The molecule has 0 heterocycles. The van der Waals surface area contributed by atoms with Crippen molar-refractivity contribution in [2.24, 2.45) is 0 Å². The van der Waals surface area contributed by atoms with Gasteiger partial charge in [-0.05, 0) is 31.5 Å². The molecule has 3 nitrogen and oxygen atoms in total. The summed E-state index contributed by atoms with van der Waals surface area (Å²) in [5, 5.41) is 5.27. The van der Waals surface area contributed by atoms with E-state index in [1.165, 1.54) is 0 Å². The van der Waals surface area contributed by atoms with Crippen LogP contribution < -0.4 is 10.6 Å². The molecule has 0 saturated heterocycles. The molecule has 0 fully saturated rings. The number of hydrogen-bond acceptors (Lipinski definition) is 2. The van der Waals surface area contributed by atoms with Crippen LogP contribution in [0.25, 0.3) is 0 Å². The Kier molecular flexibility index (Phi) is 4.87. The van der Waals surface area contributed by atoms with Crippen LogP contribution in [-0.2, 0) is 4.79 Å². The van der Waals surface area contributed by atoms with Crippen molar-refractivity contribution in [3.05, 3.63) is 29.8 Å². The van der Waals surface area contributed by atoms with Gasteiger partial charge in [0.25, 0.3) is 0 Å². The van der Waals surface area contributed by atoms with E-state index in [-0.39, 0.29) is 24.2 Å². The Morgan fingerprint density at radius 2 is 2.12 bits per heavy atom. The second-order valence-electron chi connectivity index (χ2n) is 3.85. The maximum Gasteiger partial charge on any atom is 0.239 e. The largest absolute Gasteiger partial charge is 0.374 e. The molecule has 1 aromatic carbocycles. The second-order valence-corrected chi connectivity index (χ2v) is 3.85. The van der Waals surface area contributed by atoms with Crippen LogP contribution in [0.5, 0.6) is 0 Å². The Hall–Kier alpha value is -1.65. The molecule has 0 saturated carbocycles. The van der Waals surface area contributed by atoms with Crippen molar-refractivity contribution in [3.63, 3.8) is 0 Å². The third kappa shape index (κ3) is 4.38. The van der Waals surface area contributed by atoms with E-state index in [4.69, 9.17) is 0 Å². The molecule has 0 radical (unpaired) electrons. The molecule has 0 bridgehead atoms. The van der Waals surface area contributed by atoms with Crippen LogP contribution in [-0.4, -0.2) is 18.5 Å². The highest BCUT2D eigenvalue weighted by Crippen LogP contribution is 2.14. The fraction of sp³-hybridized carbons (Fsp3) is 0.417. The Morgan fingerprint density at radius 1 is 1.41 bits per heavy atom. The van der Waals surface area contributed by atoms with E-state index in [0.717, 1.165) is 24.6 Å². The van der Waals surface area contributed by atoms with Gasteiger partial charge in [0.15, 0.2) is 0 Å². The Bertz CT molecular complexity index is 396. The van der Waals surface area contributed by atoms with Gasteiger partial charge in [-0.2, -0.15) is 0 Å². The summed E-state index contributed by atoms with van der Waals surface area (Å²) in [6.45, 7) is 3.75. The summed E-state index contributed by atoms with van der Waals surface area (Å²) in [4.78, 5) is 11.4. The summed E-state index contributed by atoms with van der Waals surface area (Å²) in [7, 11) is 0. The zero-order chi connectivity index (χ0) is 12.8. The standard InChI is InChI=1S/C12H16F2N2O/c1-3-8(2)16-12(17)7-15-11-6-9(13)4-5-10(11)14/h4-6,8,15H,3,7H2,1-2H3,(H,16,17). The van der Waals surface area contributed by atoms with Gasteiger partial charge in [-0.25, -0.2) is 8.78 Å². The van der Waals surface area contributed by atoms with E-state index in [9.17, 15) is 13.6 Å². The van der Waals surface area contributed by atoms with Gasteiger partial charge in [0.2, 0.25) is 5.91 Å². The summed E-state index contributed by atoms with van der Waals surface area (Å²) >= 11 is 0. The Labute approximate surface area is 99.2 Å². The molecule has 0 aliphatic rings. The van der Waals surface area contributed by atoms with Gasteiger partial charge in [0.05, 0.1) is 12.2 Å². The van der Waals surface area contributed by atoms with Gasteiger partial charge in [0, 0.05) is 6.04 Å². The summed E-state index contributed by atoms with van der Waals surface area (Å²) in [5.74, 6) is -1.37. The smallest absolute Gasteiger partial charge is 0.239 e. The van der Waals surface area contributed by atoms with Gasteiger partial charge in [0.1, 0.15) is 11.6 Å². The molecule has 2 N–H and O–H groups in total. The zero-order valence-corrected chi connectivity index (χ0v) is 9.89. The molecule has 1 aromatic rings. The molecule has 0 aromatic heterocycles. The van der Waals surface area contributed by atoms with Crippen LogP contribution in [0.15, 0.2) is 18.2 Å². The molecule has 94 valence electrons. The summed E-state index contributed by atoms with van der Waals surface area (Å²) in [6.07, 6.45) is 0.820. The van der Waals surface area contributed by atoms with Crippen LogP contribution in [0.2, 0.25) is 0 Å². The molecule has 1 amide bonds. The quantitative estimate of drug-likeness (QED) is 0.831. The predicted molar refractivity (Wildman–Crippen MR) is 62.7 cm³/mol. The molecule has 17 heavy (non-hydrogen) atoms. The summed E-state index contributed by atoms with van der Waals surface area (Å²) in [6, 6.07) is 3.14. The van der Waals surface area contributed by atoms with Crippen molar-refractivity contribution in [1.82, 2.24) is 5.32 Å². The first-order valence-corrected chi connectivity index (χ1v) is 5.51. The van der Waals surface area contributed by atoms with Gasteiger partial charge in [-0.1, -0.05) is 6.92 Å². The monoisotopic (exact) mass is 242 g/mol. The fourth-order valence-corrected chi connectivity index (χ4v) is 1.24. The molecule has 0 aliphatic heterocycles. The predicted octanol–water partition coefficient (Wildman–Crippen LogP) is 2.29. The molecule has 1 rings (SSSR count). The lowest BCUT2D eigenvalue weighted by Crippen LogP contribution is -2.36. The topological polar surface area (TPSA) is 41.1 Å². The van der Waals surface area contributed by atoms with Gasteiger partial charge in [-0.3, -0.25) is 4.79 Å². The molecular formula is C12H16F2N2O. The van der Waals surface area contributed by atoms with Gasteiger partial charge < -0.3 is 10.6 Å². The van der Waals surface area contributed by atoms with Gasteiger partial charge >= 0.3 is 0 Å². The number of carbonyl (C=O) groups excluding carboxylic acids is 1. The average Bonchev–Trinajstić information content (AvgIpc) is 2.30. The summed E-state index contributed by atoms with van der Waals surface area (Å²) in [5.41, 5.74) is -0.00991. The minimum atomic E-state index is -0.581. The zero-order valence-electron chi connectivity index (χ0n) is 9.89. The SMILES string of the molecule is CCC(C)NC(=O)CNc1cc(F)ccc1F.